The number of rotatable bonds is 18. The fourth-order valence-corrected chi connectivity index (χ4v) is 8.72. The minimum atomic E-state index is -2.28. The summed E-state index contributed by atoms with van der Waals surface area (Å²) in [6.45, 7) is 3.63. The van der Waals surface area contributed by atoms with Gasteiger partial charge in [-0.25, -0.2) is 9.78 Å². The van der Waals surface area contributed by atoms with E-state index in [4.69, 9.17) is 18.9 Å². The first-order valence-corrected chi connectivity index (χ1v) is 20.2. The molecule has 7 atom stereocenters. The molecule has 59 heavy (non-hydrogen) atoms. The molecule has 5 heterocycles. The average Bonchev–Trinajstić information content (AvgIpc) is 3.95. The number of aromatic hydroxyl groups is 1. The minimum absolute atomic E-state index is 0.0222. The summed E-state index contributed by atoms with van der Waals surface area (Å²) in [6, 6.07) is 9.05. The Labute approximate surface area is 341 Å². The van der Waals surface area contributed by atoms with Crippen LogP contribution in [0.4, 0.5) is 5.69 Å². The normalized spacial score (nSPS) is 23.8. The van der Waals surface area contributed by atoms with Gasteiger partial charge in [-0.05, 0) is 75.5 Å². The molecule has 7 rings (SSSR count). The van der Waals surface area contributed by atoms with Crippen LogP contribution in [0.1, 0.15) is 55.9 Å². The maximum Gasteiger partial charge on any atom is 0.220 e. The number of allylic oxidation sites excluding steroid dienone is 2. The Kier molecular flexibility index (Phi) is 12.6. The first kappa shape index (κ1) is 42.5. The van der Waals surface area contributed by atoms with Crippen molar-refractivity contribution in [1.82, 2.24) is 10.6 Å². The van der Waals surface area contributed by atoms with Crippen molar-refractivity contribution in [1.29, 1.82) is 0 Å². The van der Waals surface area contributed by atoms with Crippen LogP contribution in [-0.4, -0.2) is 118 Å². The molecule has 2 aromatic carbocycles. The van der Waals surface area contributed by atoms with Crippen LogP contribution in [0.15, 0.2) is 74.1 Å². The maximum atomic E-state index is 13.7. The highest BCUT2D eigenvalue weighted by Gasteiger charge is 2.50. The number of ether oxygens (including phenoxy) is 1. The summed E-state index contributed by atoms with van der Waals surface area (Å²) in [5.41, 5.74) is 1.35. The SMILES string of the molecule is CCC1=C2C=CN=C2CN1c1c2c(cc3c(=O)cc(C)oc13)C[C@@H](OOC[C@@](O)(Cc1ccc(O)cc1)[C@@H](O)[C@H](O)[C@H](O)CO)[C@@](CCNC)(CC[C@H]1CNC(=O)C1)O2. The zero-order valence-corrected chi connectivity index (χ0v) is 33.5. The number of carbonyl (C=O) groups excluding carboxylic acids is 1. The zero-order valence-electron chi connectivity index (χ0n) is 33.5. The van der Waals surface area contributed by atoms with Crippen LogP contribution < -0.4 is 25.7 Å². The number of anilines is 1. The quantitative estimate of drug-likeness (QED) is 0.0676. The van der Waals surface area contributed by atoms with Gasteiger partial charge in [-0.1, -0.05) is 19.1 Å². The van der Waals surface area contributed by atoms with Crippen LogP contribution in [0, 0.1) is 12.8 Å². The Morgan fingerprint density at radius 2 is 1.92 bits per heavy atom. The van der Waals surface area contributed by atoms with Gasteiger partial charge in [-0.2, -0.15) is 0 Å². The van der Waals surface area contributed by atoms with E-state index in [2.05, 4.69) is 27.4 Å². The third-order valence-corrected chi connectivity index (χ3v) is 12.0. The Morgan fingerprint density at radius 3 is 2.61 bits per heavy atom. The standard InChI is InChI=1S/C43H54N4O12/c1-4-32-29-10-13-45-31(29)21-47(32)37-39-27(17-30-33(50)15-24(2)57-40(30)37)18-35(43(58-39,12-14-44-3)11-9-26-16-36(52)46-20-26)59-56-23-42(55,41(54)38(53)34(51)22-48)19-25-5-7-28(49)8-6-25/h5-8,10,13,15,17,26,34-35,38,41,44,48-49,51,53-55H,4,9,11-12,14,16,18-23H2,1-3H3,(H,46,52)/t26-,34-,35-,38-,41+,42+,43+/m1/s1. The summed E-state index contributed by atoms with van der Waals surface area (Å²) in [4.78, 5) is 44.9. The van der Waals surface area contributed by atoms with Gasteiger partial charge in [0.1, 0.15) is 59.4 Å². The number of benzene rings is 2. The molecule has 8 N–H and O–H groups in total. The number of nitrogens with zero attached hydrogens (tertiary/aromatic N) is 2. The van der Waals surface area contributed by atoms with Crippen LogP contribution in [0.3, 0.4) is 0 Å². The lowest BCUT2D eigenvalue weighted by Gasteiger charge is -2.46. The van der Waals surface area contributed by atoms with Crippen molar-refractivity contribution >= 4 is 28.3 Å². The minimum Gasteiger partial charge on any atom is -0.508 e. The summed E-state index contributed by atoms with van der Waals surface area (Å²) in [5.74, 6) is 0.933. The average molecular weight is 819 g/mol. The second kappa shape index (κ2) is 17.5. The van der Waals surface area contributed by atoms with Gasteiger partial charge in [0, 0.05) is 61.3 Å². The van der Waals surface area contributed by atoms with Gasteiger partial charge >= 0.3 is 0 Å². The predicted molar refractivity (Wildman–Crippen MR) is 217 cm³/mol. The molecular weight excluding hydrogens is 764 g/mol. The second-order valence-corrected chi connectivity index (χ2v) is 16.1. The lowest BCUT2D eigenvalue weighted by atomic mass is 9.79. The number of phenolic OH excluding ortho intramolecular Hbond substituents is 1. The fourth-order valence-electron chi connectivity index (χ4n) is 8.72. The highest BCUT2D eigenvalue weighted by molar-refractivity contribution is 6.13. The van der Waals surface area contributed by atoms with Gasteiger partial charge in [-0.3, -0.25) is 14.6 Å². The first-order valence-electron chi connectivity index (χ1n) is 20.2. The molecule has 0 aliphatic carbocycles. The second-order valence-electron chi connectivity index (χ2n) is 16.1. The van der Waals surface area contributed by atoms with Crippen molar-refractivity contribution in [2.45, 2.75) is 94.4 Å². The summed E-state index contributed by atoms with van der Waals surface area (Å²) < 4.78 is 13.7. The predicted octanol–water partition coefficient (Wildman–Crippen LogP) is 1.82. The van der Waals surface area contributed by atoms with E-state index < -0.39 is 48.8 Å². The lowest BCUT2D eigenvalue weighted by Crippen LogP contribution is -2.58. The zero-order chi connectivity index (χ0) is 42.1. The molecular formula is C43H54N4O12. The molecule has 0 bridgehead atoms. The van der Waals surface area contributed by atoms with Crippen LogP contribution >= 0.6 is 0 Å². The molecule has 0 radical (unpaired) electrons. The summed E-state index contributed by atoms with van der Waals surface area (Å²) in [6.07, 6.45) is -0.596. The number of aryl methyl sites for hydroxylation is 1. The van der Waals surface area contributed by atoms with Crippen LogP contribution in [0.25, 0.3) is 11.0 Å². The van der Waals surface area contributed by atoms with E-state index in [0.29, 0.717) is 91.0 Å². The summed E-state index contributed by atoms with van der Waals surface area (Å²) >= 11 is 0. The number of aliphatic hydroxyl groups is 5. The number of amides is 1. The van der Waals surface area contributed by atoms with Gasteiger partial charge in [-0.15, -0.1) is 0 Å². The van der Waals surface area contributed by atoms with Gasteiger partial charge < -0.3 is 55.3 Å². The molecule has 3 aromatic rings. The van der Waals surface area contributed by atoms with E-state index in [1.165, 1.54) is 30.3 Å². The number of nitrogens with one attached hydrogen (secondary N) is 2. The number of phenols is 1. The topological polar surface area (TPSA) is 236 Å². The Bertz CT molecular complexity index is 2190. The smallest absolute Gasteiger partial charge is 0.220 e. The third-order valence-electron chi connectivity index (χ3n) is 12.0. The van der Waals surface area contributed by atoms with Gasteiger partial charge in [0.15, 0.2) is 16.8 Å². The lowest BCUT2D eigenvalue weighted by molar-refractivity contribution is -0.373. The van der Waals surface area contributed by atoms with Crippen molar-refractivity contribution in [3.05, 3.63) is 87.1 Å². The van der Waals surface area contributed by atoms with E-state index in [0.717, 1.165) is 17.0 Å². The van der Waals surface area contributed by atoms with Crippen molar-refractivity contribution in [2.24, 2.45) is 10.9 Å². The van der Waals surface area contributed by atoms with Crippen LogP contribution in [0.5, 0.6) is 11.5 Å². The molecule has 1 saturated heterocycles. The molecule has 16 heteroatoms. The molecule has 1 fully saturated rings. The van der Waals surface area contributed by atoms with E-state index in [1.807, 2.05) is 13.1 Å². The molecule has 4 aliphatic rings. The maximum absolute atomic E-state index is 13.7. The fraction of sp³-hybridized carbons (Fsp3) is 0.512. The highest BCUT2D eigenvalue weighted by Crippen LogP contribution is 2.50. The number of hydrogen-bond donors (Lipinski definition) is 8. The van der Waals surface area contributed by atoms with Crippen LogP contribution in [-0.2, 0) is 27.4 Å². The largest absolute Gasteiger partial charge is 0.508 e. The number of fused-ring (bicyclic) bond motifs is 3. The van der Waals surface area contributed by atoms with E-state index in [9.17, 15) is 40.2 Å². The molecule has 1 aromatic heterocycles. The molecule has 0 spiro atoms. The molecule has 4 aliphatic heterocycles. The number of hydrogen-bond acceptors (Lipinski definition) is 15. The highest BCUT2D eigenvalue weighted by atomic mass is 17.2. The van der Waals surface area contributed by atoms with E-state index >= 15 is 0 Å². The Morgan fingerprint density at radius 1 is 1.14 bits per heavy atom. The molecule has 0 saturated carbocycles. The first-order chi connectivity index (χ1) is 28.3. The van der Waals surface area contributed by atoms with Crippen molar-refractivity contribution in [2.75, 3.05) is 44.8 Å². The summed E-state index contributed by atoms with van der Waals surface area (Å²) in [5, 5.41) is 70.1. The van der Waals surface area contributed by atoms with Crippen LogP contribution in [0.2, 0.25) is 0 Å². The van der Waals surface area contributed by atoms with Crippen molar-refractivity contribution in [3.63, 3.8) is 0 Å². The Hall–Kier alpha value is -4.65. The number of carbonyl (C=O) groups is 1. The molecule has 0 unspecified atom stereocenters. The third kappa shape index (κ3) is 8.54. The van der Waals surface area contributed by atoms with Gasteiger partial charge in [0.05, 0.1) is 24.2 Å². The number of aliphatic imine (C=N–C) groups is 1. The molecule has 1 amide bonds. The number of aliphatic hydroxyl groups excluding tert-OH is 4. The van der Waals surface area contributed by atoms with Gasteiger partial charge in [0.25, 0.3) is 0 Å². The van der Waals surface area contributed by atoms with Crippen molar-refractivity contribution < 1.29 is 54.4 Å². The molecule has 318 valence electrons. The van der Waals surface area contributed by atoms with E-state index in [1.54, 1.807) is 19.2 Å². The molecule has 16 nitrogen and oxygen atoms in total. The van der Waals surface area contributed by atoms with E-state index in [-0.39, 0.29) is 35.8 Å². The van der Waals surface area contributed by atoms with Gasteiger partial charge in [0.2, 0.25) is 5.91 Å². The monoisotopic (exact) mass is 818 g/mol. The summed E-state index contributed by atoms with van der Waals surface area (Å²) in [7, 11) is 1.82. The Balaban J connectivity index is 1.30. The van der Waals surface area contributed by atoms with Crippen molar-refractivity contribution in [3.8, 4) is 11.5 Å².